The maximum Gasteiger partial charge on any atom is 0.416 e. The molecule has 0 aliphatic carbocycles. The quantitative estimate of drug-likeness (QED) is 0.479. The van der Waals surface area contributed by atoms with Crippen LogP contribution < -0.4 is 4.74 Å². The number of nitrogens with zero attached hydrogens (tertiary/aromatic N) is 3. The van der Waals surface area contributed by atoms with Crippen LogP contribution >= 0.6 is 0 Å². The van der Waals surface area contributed by atoms with Gasteiger partial charge in [0.15, 0.2) is 0 Å². The van der Waals surface area contributed by atoms with Gasteiger partial charge in [0, 0.05) is 29.3 Å². The summed E-state index contributed by atoms with van der Waals surface area (Å²) in [6.45, 7) is 0. The first-order valence-corrected chi connectivity index (χ1v) is 8.01. The van der Waals surface area contributed by atoms with Gasteiger partial charge in [0.05, 0.1) is 11.3 Å². The Morgan fingerprint density at radius 3 is 2.19 bits per heavy atom. The fourth-order valence-electron chi connectivity index (χ4n) is 2.61. The number of aromatic nitrogens is 3. The molecule has 0 saturated heterocycles. The Bertz CT molecular complexity index is 1100. The first-order valence-electron chi connectivity index (χ1n) is 8.01. The van der Waals surface area contributed by atoms with Crippen LogP contribution in [-0.4, -0.2) is 15.0 Å². The van der Waals surface area contributed by atoms with Gasteiger partial charge in [-0.15, -0.1) is 0 Å². The highest BCUT2D eigenvalue weighted by Gasteiger charge is 2.30. The molecule has 27 heavy (non-hydrogen) atoms. The Morgan fingerprint density at radius 1 is 0.741 bits per heavy atom. The minimum Gasteiger partial charge on any atom is -0.421 e. The molecule has 0 amide bonds. The van der Waals surface area contributed by atoms with Gasteiger partial charge in [-0.25, -0.2) is 15.0 Å². The van der Waals surface area contributed by atoms with Crippen LogP contribution in [0.1, 0.15) is 5.56 Å². The lowest BCUT2D eigenvalue weighted by molar-refractivity contribution is -0.137. The number of pyridine rings is 1. The number of benzene rings is 2. The second-order valence-corrected chi connectivity index (χ2v) is 5.79. The number of fused-ring (bicyclic) bond motifs is 1. The molecular formula is C20H12F3N3O. The maximum absolute atomic E-state index is 12.7. The molecule has 0 N–H and O–H groups in total. The third kappa shape index (κ3) is 3.72. The second kappa shape index (κ2) is 6.68. The van der Waals surface area contributed by atoms with E-state index in [2.05, 4.69) is 15.0 Å². The topological polar surface area (TPSA) is 47.9 Å². The van der Waals surface area contributed by atoms with Gasteiger partial charge in [0.25, 0.3) is 0 Å². The molecule has 4 aromatic rings. The van der Waals surface area contributed by atoms with Crippen LogP contribution in [0.5, 0.6) is 11.8 Å². The molecule has 0 fully saturated rings. The molecule has 0 bridgehead atoms. The van der Waals surface area contributed by atoms with Crippen LogP contribution in [0.4, 0.5) is 13.2 Å². The molecule has 0 aliphatic heterocycles. The van der Waals surface area contributed by atoms with Gasteiger partial charge in [-0.1, -0.05) is 36.4 Å². The highest BCUT2D eigenvalue weighted by molar-refractivity contribution is 5.82. The summed E-state index contributed by atoms with van der Waals surface area (Å²) in [5.74, 6) is 0.619. The molecular weight excluding hydrogens is 355 g/mol. The number of hydrogen-bond donors (Lipinski definition) is 0. The van der Waals surface area contributed by atoms with E-state index in [4.69, 9.17) is 4.74 Å². The van der Waals surface area contributed by atoms with Crippen molar-refractivity contribution in [2.75, 3.05) is 0 Å². The smallest absolute Gasteiger partial charge is 0.416 e. The second-order valence-electron chi connectivity index (χ2n) is 5.79. The van der Waals surface area contributed by atoms with E-state index < -0.39 is 11.7 Å². The summed E-state index contributed by atoms with van der Waals surface area (Å²) >= 11 is 0. The van der Waals surface area contributed by atoms with Crippen molar-refractivity contribution < 1.29 is 17.9 Å². The van der Waals surface area contributed by atoms with Crippen molar-refractivity contribution >= 4 is 10.8 Å². The Balaban J connectivity index is 1.60. The van der Waals surface area contributed by atoms with E-state index in [0.29, 0.717) is 17.1 Å². The summed E-state index contributed by atoms with van der Waals surface area (Å²) in [6.07, 6.45) is -1.38. The van der Waals surface area contributed by atoms with Crippen molar-refractivity contribution in [1.29, 1.82) is 0 Å². The summed E-state index contributed by atoms with van der Waals surface area (Å²) < 4.78 is 43.7. The van der Waals surface area contributed by atoms with Gasteiger partial charge in [-0.2, -0.15) is 13.2 Å². The predicted octanol–water partition coefficient (Wildman–Crippen LogP) is 5.50. The monoisotopic (exact) mass is 367 g/mol. The largest absolute Gasteiger partial charge is 0.421 e. The van der Waals surface area contributed by atoms with Crippen molar-refractivity contribution in [3.05, 3.63) is 78.8 Å². The van der Waals surface area contributed by atoms with E-state index in [-0.39, 0.29) is 5.88 Å². The van der Waals surface area contributed by atoms with Crippen LogP contribution in [0, 0.1) is 0 Å². The van der Waals surface area contributed by atoms with Crippen molar-refractivity contribution in [2.45, 2.75) is 6.18 Å². The molecule has 2 aromatic heterocycles. The van der Waals surface area contributed by atoms with Crippen LogP contribution in [0.3, 0.4) is 0 Å². The van der Waals surface area contributed by atoms with Crippen molar-refractivity contribution in [2.24, 2.45) is 0 Å². The van der Waals surface area contributed by atoms with Crippen molar-refractivity contribution in [3.63, 3.8) is 0 Å². The van der Waals surface area contributed by atoms with Crippen LogP contribution in [-0.2, 0) is 6.18 Å². The lowest BCUT2D eigenvalue weighted by Crippen LogP contribution is -2.04. The van der Waals surface area contributed by atoms with Gasteiger partial charge in [0.1, 0.15) is 6.33 Å². The van der Waals surface area contributed by atoms with Gasteiger partial charge in [0.2, 0.25) is 11.8 Å². The minimum atomic E-state index is -4.37. The fraction of sp³-hybridized carbons (Fsp3) is 0.0500. The molecule has 0 unspecified atom stereocenters. The van der Waals surface area contributed by atoms with Gasteiger partial charge >= 0.3 is 6.18 Å². The summed E-state index contributed by atoms with van der Waals surface area (Å²) in [7, 11) is 0. The van der Waals surface area contributed by atoms with Gasteiger partial charge in [-0.3, -0.25) is 0 Å². The first-order chi connectivity index (χ1) is 13.0. The summed E-state index contributed by atoms with van der Waals surface area (Å²) in [5.41, 5.74) is 0.272. The van der Waals surface area contributed by atoms with Gasteiger partial charge < -0.3 is 4.74 Å². The molecule has 134 valence electrons. The zero-order chi connectivity index (χ0) is 18.9. The van der Waals surface area contributed by atoms with Gasteiger partial charge in [-0.05, 0) is 17.5 Å². The molecule has 0 saturated carbocycles. The maximum atomic E-state index is 12.7. The highest BCUT2D eigenvalue weighted by atomic mass is 19.4. The van der Waals surface area contributed by atoms with Crippen LogP contribution in [0.15, 0.2) is 73.2 Å². The SMILES string of the molecule is FC(F)(F)c1ccc(-c2cc(Oc3cc4ccccc4cn3)ncn2)cc1. The molecule has 0 aliphatic rings. The van der Waals surface area contributed by atoms with Crippen molar-refractivity contribution in [1.82, 2.24) is 15.0 Å². The molecule has 0 spiro atoms. The predicted molar refractivity (Wildman–Crippen MR) is 94.3 cm³/mol. The van der Waals surface area contributed by atoms with E-state index in [1.54, 1.807) is 18.3 Å². The van der Waals surface area contributed by atoms with E-state index in [0.717, 1.165) is 22.9 Å². The third-order valence-corrected chi connectivity index (χ3v) is 3.96. The number of ether oxygens (including phenoxy) is 1. The standard InChI is InChI=1S/C20H12F3N3O/c21-20(22,23)16-7-5-13(6-8-16)17-10-19(26-12-25-17)27-18-9-14-3-1-2-4-15(14)11-24-18/h1-12H. The molecule has 0 atom stereocenters. The zero-order valence-electron chi connectivity index (χ0n) is 13.8. The van der Waals surface area contributed by atoms with Crippen LogP contribution in [0.2, 0.25) is 0 Å². The molecule has 4 rings (SSSR count). The normalized spacial score (nSPS) is 11.5. The first kappa shape index (κ1) is 17.0. The minimum absolute atomic E-state index is 0.252. The number of halogens is 3. The number of hydrogen-bond acceptors (Lipinski definition) is 4. The van der Waals surface area contributed by atoms with E-state index >= 15 is 0 Å². The summed E-state index contributed by atoms with van der Waals surface area (Å²) in [6, 6.07) is 15.8. The highest BCUT2D eigenvalue weighted by Crippen LogP contribution is 2.31. The average molecular weight is 367 g/mol. The Kier molecular flexibility index (Phi) is 4.19. The Morgan fingerprint density at radius 2 is 1.44 bits per heavy atom. The van der Waals surface area contributed by atoms with Crippen LogP contribution in [0.25, 0.3) is 22.0 Å². The molecule has 7 heteroatoms. The molecule has 0 radical (unpaired) electrons. The lowest BCUT2D eigenvalue weighted by atomic mass is 10.1. The van der Waals surface area contributed by atoms with E-state index in [1.807, 2.05) is 24.3 Å². The molecule has 4 nitrogen and oxygen atoms in total. The summed E-state index contributed by atoms with van der Waals surface area (Å²) in [5, 5.41) is 1.96. The molecule has 2 aromatic carbocycles. The van der Waals surface area contributed by atoms with E-state index in [9.17, 15) is 13.2 Å². The Hall–Kier alpha value is -3.48. The molecule has 2 heterocycles. The average Bonchev–Trinajstić information content (AvgIpc) is 2.68. The lowest BCUT2D eigenvalue weighted by Gasteiger charge is -2.08. The summed E-state index contributed by atoms with van der Waals surface area (Å²) in [4.78, 5) is 12.4. The Labute approximate surface area is 152 Å². The number of alkyl halides is 3. The third-order valence-electron chi connectivity index (χ3n) is 3.96. The van der Waals surface area contributed by atoms with E-state index in [1.165, 1.54) is 18.5 Å². The number of rotatable bonds is 3. The fourth-order valence-corrected chi connectivity index (χ4v) is 2.61. The zero-order valence-corrected chi connectivity index (χ0v) is 13.8. The van der Waals surface area contributed by atoms with Crippen molar-refractivity contribution in [3.8, 4) is 23.0 Å².